The molecule has 0 heterocycles. The monoisotopic (exact) mass is 330 g/mol. The van der Waals surface area contributed by atoms with Crippen molar-refractivity contribution in [3.8, 4) is 0 Å². The molecule has 11 heteroatoms. The summed E-state index contributed by atoms with van der Waals surface area (Å²) in [4.78, 5) is 8.54. The fourth-order valence-electron chi connectivity index (χ4n) is 1.46. The van der Waals surface area contributed by atoms with Crippen molar-refractivity contribution >= 4 is 15.7 Å². The maximum Gasteiger partial charge on any atom is 0.389 e. The zero-order chi connectivity index (χ0) is 16.3. The van der Waals surface area contributed by atoms with Crippen LogP contribution in [0.3, 0.4) is 0 Å². The van der Waals surface area contributed by atoms with Crippen LogP contribution >= 0.6 is 0 Å². The van der Waals surface area contributed by atoms with Gasteiger partial charge in [-0.05, 0) is 18.6 Å². The molecule has 0 spiro atoms. The number of nitrogens with one attached hydrogen (secondary N) is 1. The number of nitrogens with zero attached hydrogens (tertiary/aromatic N) is 1. The molecule has 0 aliphatic carbocycles. The molecule has 0 aromatic heterocycles. The van der Waals surface area contributed by atoms with Gasteiger partial charge in [-0.25, -0.2) is 13.1 Å². The van der Waals surface area contributed by atoms with Gasteiger partial charge < -0.3 is 0 Å². The molecule has 118 valence electrons. The fraction of sp³-hybridized carbons (Fsp3) is 0.400. The molecule has 1 rings (SSSR count). The molecule has 21 heavy (non-hydrogen) atoms. The van der Waals surface area contributed by atoms with Crippen LogP contribution in [0.5, 0.6) is 0 Å². The third-order valence-corrected chi connectivity index (χ3v) is 3.84. The molecule has 0 bridgehead atoms. The molecule has 0 aliphatic rings. The van der Waals surface area contributed by atoms with Crippen LogP contribution in [-0.4, -0.2) is 26.1 Å². The van der Waals surface area contributed by atoms with E-state index >= 15 is 0 Å². The predicted octanol–water partition coefficient (Wildman–Crippen LogP) is 2.35. The van der Waals surface area contributed by atoms with E-state index in [-0.39, 0.29) is 0 Å². The lowest BCUT2D eigenvalue weighted by Gasteiger charge is -2.09. The summed E-state index contributed by atoms with van der Waals surface area (Å²) in [5, 5.41) is 10.7. The Bertz CT molecular complexity index is 630. The molecule has 1 N–H and O–H groups in total. The number of halogens is 4. The Labute approximate surface area is 117 Å². The maximum absolute atomic E-state index is 13.3. The van der Waals surface area contributed by atoms with Crippen LogP contribution in [0.4, 0.5) is 23.2 Å². The zero-order valence-electron chi connectivity index (χ0n) is 10.4. The second-order valence-corrected chi connectivity index (χ2v) is 5.70. The molecule has 1 aromatic rings. The summed E-state index contributed by atoms with van der Waals surface area (Å²) < 4.78 is 74.3. The van der Waals surface area contributed by atoms with Crippen LogP contribution in [0.1, 0.15) is 12.8 Å². The molecule has 0 saturated heterocycles. The van der Waals surface area contributed by atoms with Gasteiger partial charge in [-0.15, -0.1) is 0 Å². The molecule has 0 saturated carbocycles. The lowest BCUT2D eigenvalue weighted by molar-refractivity contribution is -0.390. The van der Waals surface area contributed by atoms with Gasteiger partial charge >= 0.3 is 11.9 Å². The van der Waals surface area contributed by atoms with Gasteiger partial charge in [-0.1, -0.05) is 6.07 Å². The van der Waals surface area contributed by atoms with E-state index in [1.54, 1.807) is 4.72 Å². The first-order chi connectivity index (χ1) is 9.54. The Balaban J connectivity index is 2.89. The lowest BCUT2D eigenvalue weighted by atomic mass is 10.3. The van der Waals surface area contributed by atoms with E-state index in [4.69, 9.17) is 0 Å². The predicted molar refractivity (Wildman–Crippen MR) is 63.5 cm³/mol. The molecule has 0 radical (unpaired) electrons. The van der Waals surface area contributed by atoms with E-state index in [9.17, 15) is 36.1 Å². The molecular weight excluding hydrogens is 320 g/mol. The van der Waals surface area contributed by atoms with Gasteiger partial charge in [-0.3, -0.25) is 10.1 Å². The van der Waals surface area contributed by atoms with E-state index in [1.165, 1.54) is 0 Å². The van der Waals surface area contributed by atoms with Crippen molar-refractivity contribution in [1.29, 1.82) is 0 Å². The van der Waals surface area contributed by atoms with Gasteiger partial charge in [0.1, 0.15) is 0 Å². The molecule has 0 amide bonds. The van der Waals surface area contributed by atoms with Gasteiger partial charge in [0.2, 0.25) is 15.8 Å². The van der Waals surface area contributed by atoms with Gasteiger partial charge in [0, 0.05) is 13.0 Å². The summed E-state index contributed by atoms with van der Waals surface area (Å²) in [5.41, 5.74) is -1.25. The van der Waals surface area contributed by atoms with Crippen molar-refractivity contribution in [2.45, 2.75) is 23.9 Å². The average molecular weight is 330 g/mol. The second-order valence-electron chi connectivity index (χ2n) is 3.96. The van der Waals surface area contributed by atoms with Gasteiger partial charge in [0.15, 0.2) is 4.90 Å². The van der Waals surface area contributed by atoms with Crippen molar-refractivity contribution < 1.29 is 30.9 Å². The van der Waals surface area contributed by atoms with E-state index in [2.05, 4.69) is 0 Å². The minimum absolute atomic E-state index is 0.536. The van der Waals surface area contributed by atoms with Crippen LogP contribution in [0.2, 0.25) is 0 Å². The number of sulfonamides is 1. The number of benzene rings is 1. The Morgan fingerprint density at radius 1 is 1.29 bits per heavy atom. The van der Waals surface area contributed by atoms with Crippen molar-refractivity contribution in [1.82, 2.24) is 4.72 Å². The third kappa shape index (κ3) is 4.93. The number of rotatable bonds is 6. The summed E-state index contributed by atoms with van der Waals surface area (Å²) in [6.07, 6.45) is -6.18. The lowest BCUT2D eigenvalue weighted by Crippen LogP contribution is -2.26. The molecule has 0 atom stereocenters. The Kier molecular flexibility index (Phi) is 5.23. The molecule has 6 nitrogen and oxygen atoms in total. The quantitative estimate of drug-likeness (QED) is 0.375. The van der Waals surface area contributed by atoms with E-state index in [0.717, 1.165) is 12.1 Å². The summed E-state index contributed by atoms with van der Waals surface area (Å²) in [6, 6.07) is 2.46. The van der Waals surface area contributed by atoms with Crippen molar-refractivity contribution in [3.63, 3.8) is 0 Å². The second kappa shape index (κ2) is 6.35. The van der Waals surface area contributed by atoms with Gasteiger partial charge in [0.25, 0.3) is 0 Å². The maximum atomic E-state index is 13.3. The van der Waals surface area contributed by atoms with Gasteiger partial charge in [0.05, 0.1) is 4.92 Å². The number of para-hydroxylation sites is 1. The average Bonchev–Trinajstić information content (AvgIpc) is 2.33. The van der Waals surface area contributed by atoms with Crippen LogP contribution in [0.25, 0.3) is 0 Å². The van der Waals surface area contributed by atoms with Crippen LogP contribution in [0, 0.1) is 15.9 Å². The van der Waals surface area contributed by atoms with E-state index in [1.807, 2.05) is 0 Å². The molecule has 0 fully saturated rings. The number of nitro benzene ring substituents is 1. The Morgan fingerprint density at radius 3 is 2.43 bits per heavy atom. The standard InChI is InChI=1S/C10H10F4N2O4S/c11-7-3-1-4-8(9(7)16(17)18)21(19,20)15-6-2-5-10(12,13)14/h1,3-4,15H,2,5-6H2. The number of nitro groups is 1. The minimum Gasteiger partial charge on any atom is -0.258 e. The highest BCUT2D eigenvalue weighted by Crippen LogP contribution is 2.26. The summed E-state index contributed by atoms with van der Waals surface area (Å²) in [6.45, 7) is -0.574. The molecule has 0 aliphatic heterocycles. The van der Waals surface area contributed by atoms with Crippen LogP contribution in [0.15, 0.2) is 23.1 Å². The highest BCUT2D eigenvalue weighted by atomic mass is 32.2. The van der Waals surface area contributed by atoms with E-state index < -0.39 is 56.9 Å². The largest absolute Gasteiger partial charge is 0.389 e. The zero-order valence-corrected chi connectivity index (χ0v) is 11.2. The fourth-order valence-corrected chi connectivity index (χ4v) is 2.72. The highest BCUT2D eigenvalue weighted by molar-refractivity contribution is 7.89. The van der Waals surface area contributed by atoms with Crippen molar-refractivity contribution in [3.05, 3.63) is 34.1 Å². The number of hydrogen-bond acceptors (Lipinski definition) is 4. The number of alkyl halides is 3. The van der Waals surface area contributed by atoms with Crippen LogP contribution < -0.4 is 4.72 Å². The SMILES string of the molecule is O=[N+]([O-])c1c(F)cccc1S(=O)(=O)NCCCC(F)(F)F. The van der Waals surface area contributed by atoms with E-state index in [0.29, 0.717) is 6.07 Å². The first-order valence-electron chi connectivity index (χ1n) is 5.54. The molecule has 1 aromatic carbocycles. The first kappa shape index (κ1) is 17.3. The minimum atomic E-state index is -4.48. The summed E-state index contributed by atoms with van der Waals surface area (Å²) >= 11 is 0. The first-order valence-corrected chi connectivity index (χ1v) is 7.02. The van der Waals surface area contributed by atoms with Crippen LogP contribution in [-0.2, 0) is 10.0 Å². The highest BCUT2D eigenvalue weighted by Gasteiger charge is 2.30. The topological polar surface area (TPSA) is 89.3 Å². The smallest absolute Gasteiger partial charge is 0.258 e. The summed E-state index contributed by atoms with van der Waals surface area (Å²) in [7, 11) is -4.48. The van der Waals surface area contributed by atoms with Crippen molar-refractivity contribution in [2.24, 2.45) is 0 Å². The Morgan fingerprint density at radius 2 is 1.90 bits per heavy atom. The summed E-state index contributed by atoms with van der Waals surface area (Å²) in [5.74, 6) is -1.35. The molecular formula is C10H10F4N2O4S. The Hall–Kier alpha value is -1.75. The van der Waals surface area contributed by atoms with Crippen molar-refractivity contribution in [2.75, 3.05) is 6.54 Å². The number of hydrogen-bond donors (Lipinski definition) is 1. The molecule has 0 unspecified atom stereocenters. The van der Waals surface area contributed by atoms with Gasteiger partial charge in [-0.2, -0.15) is 17.6 Å². The third-order valence-electron chi connectivity index (χ3n) is 2.35. The normalized spacial score (nSPS) is 12.4.